The van der Waals surface area contributed by atoms with Crippen molar-refractivity contribution < 1.29 is 22.3 Å². The lowest BCUT2D eigenvalue weighted by Crippen LogP contribution is -2.42. The molecule has 0 atom stereocenters. The Morgan fingerprint density at radius 2 is 2.00 bits per heavy atom. The van der Waals surface area contributed by atoms with Crippen molar-refractivity contribution in [2.75, 3.05) is 7.11 Å². The fourth-order valence-corrected chi connectivity index (χ4v) is 3.67. The fourth-order valence-electron chi connectivity index (χ4n) is 2.60. The predicted molar refractivity (Wildman–Crippen MR) is 99.0 cm³/mol. The molecule has 0 aliphatic heterocycles. The summed E-state index contributed by atoms with van der Waals surface area (Å²) in [4.78, 5) is 13.6. The van der Waals surface area contributed by atoms with E-state index in [4.69, 9.17) is 4.74 Å². The molecule has 0 saturated heterocycles. The fraction of sp³-hybridized carbons (Fsp3) is 0.111. The van der Waals surface area contributed by atoms with Crippen LogP contribution in [0.1, 0.15) is 15.9 Å². The first kappa shape index (κ1) is 19.5. The lowest BCUT2D eigenvalue weighted by molar-refractivity contribution is 0.0945. The van der Waals surface area contributed by atoms with Gasteiger partial charge in [-0.25, -0.2) is 17.5 Å². The lowest BCUT2D eigenvalue weighted by Gasteiger charge is -2.13. The maximum atomic E-state index is 14.0. The summed E-state index contributed by atoms with van der Waals surface area (Å²) in [5.74, 6) is -1.90. The molecular weight excluding hydrogens is 387 g/mol. The Hall–Kier alpha value is -3.24. The molecule has 1 amide bonds. The minimum absolute atomic E-state index is 0.182. The summed E-state index contributed by atoms with van der Waals surface area (Å²) in [6, 6.07) is 10.3. The Labute approximate surface area is 161 Å². The molecule has 0 fully saturated rings. The van der Waals surface area contributed by atoms with E-state index in [2.05, 4.69) is 10.5 Å². The van der Waals surface area contributed by atoms with Crippen LogP contribution in [0, 0.1) is 12.7 Å². The molecule has 28 heavy (non-hydrogen) atoms. The number of benzene rings is 2. The Morgan fingerprint density at radius 1 is 1.21 bits per heavy atom. The van der Waals surface area contributed by atoms with Gasteiger partial charge >= 0.3 is 0 Å². The van der Waals surface area contributed by atoms with Gasteiger partial charge in [0.05, 0.1) is 12.8 Å². The van der Waals surface area contributed by atoms with E-state index in [0.29, 0.717) is 5.69 Å². The number of sulfonamides is 1. The van der Waals surface area contributed by atoms with E-state index in [0.717, 1.165) is 11.6 Å². The third-order valence-electron chi connectivity index (χ3n) is 3.81. The lowest BCUT2D eigenvalue weighted by atomic mass is 10.1. The number of carbonyl (C=O) groups is 1. The number of nitrogens with zero attached hydrogens (tertiary/aromatic N) is 2. The number of carbonyl (C=O) groups excluding carboxylic acids is 1. The van der Waals surface area contributed by atoms with E-state index < -0.39 is 26.6 Å². The van der Waals surface area contributed by atoms with Crippen LogP contribution in [0.25, 0.3) is 5.69 Å². The number of ether oxygens (including phenoxy) is 1. The number of hydrazine groups is 1. The van der Waals surface area contributed by atoms with Crippen molar-refractivity contribution in [2.24, 2.45) is 0 Å². The van der Waals surface area contributed by atoms with Gasteiger partial charge in [-0.05, 0) is 48.9 Å². The van der Waals surface area contributed by atoms with Crippen molar-refractivity contribution in [2.45, 2.75) is 11.8 Å². The molecule has 3 rings (SSSR count). The highest BCUT2D eigenvalue weighted by Gasteiger charge is 2.25. The average molecular weight is 404 g/mol. The molecule has 10 heteroatoms. The van der Waals surface area contributed by atoms with E-state index in [1.54, 1.807) is 42.2 Å². The number of amides is 1. The molecule has 0 bridgehead atoms. The van der Waals surface area contributed by atoms with Crippen LogP contribution in [0.15, 0.2) is 59.8 Å². The third kappa shape index (κ3) is 4.02. The van der Waals surface area contributed by atoms with Crippen molar-refractivity contribution >= 4 is 15.9 Å². The minimum atomic E-state index is -4.40. The van der Waals surface area contributed by atoms with Crippen molar-refractivity contribution in [3.05, 3.63) is 71.8 Å². The molecule has 0 aliphatic carbocycles. The van der Waals surface area contributed by atoms with Crippen molar-refractivity contribution in [3.8, 4) is 11.4 Å². The Balaban J connectivity index is 1.83. The van der Waals surface area contributed by atoms with Gasteiger partial charge in [0.15, 0.2) is 4.90 Å². The van der Waals surface area contributed by atoms with Gasteiger partial charge in [0, 0.05) is 18.0 Å². The van der Waals surface area contributed by atoms with Crippen molar-refractivity contribution in [1.29, 1.82) is 0 Å². The quantitative estimate of drug-likeness (QED) is 0.612. The molecule has 1 aromatic heterocycles. The van der Waals surface area contributed by atoms with Crippen LogP contribution in [0.5, 0.6) is 5.75 Å². The number of aromatic nitrogens is 2. The minimum Gasteiger partial charge on any atom is -0.495 e. The van der Waals surface area contributed by atoms with Gasteiger partial charge in [0.1, 0.15) is 11.6 Å². The van der Waals surface area contributed by atoms with Crippen LogP contribution in [0.4, 0.5) is 4.39 Å². The second-order valence-electron chi connectivity index (χ2n) is 5.84. The van der Waals surface area contributed by atoms with Crippen molar-refractivity contribution in [1.82, 2.24) is 20.0 Å². The van der Waals surface area contributed by atoms with Crippen LogP contribution < -0.4 is 15.0 Å². The van der Waals surface area contributed by atoms with E-state index in [1.807, 2.05) is 10.9 Å². The largest absolute Gasteiger partial charge is 0.495 e. The number of methoxy groups -OCH3 is 1. The molecular formula is C18H17FN4O4S. The first-order valence-electron chi connectivity index (χ1n) is 8.08. The first-order chi connectivity index (χ1) is 13.3. The molecule has 0 unspecified atom stereocenters. The van der Waals surface area contributed by atoms with Crippen LogP contribution in [0.3, 0.4) is 0 Å². The van der Waals surface area contributed by atoms with Gasteiger partial charge < -0.3 is 4.74 Å². The molecule has 1 heterocycles. The molecule has 2 N–H and O–H groups in total. The molecule has 0 spiro atoms. The van der Waals surface area contributed by atoms with E-state index in [9.17, 15) is 17.6 Å². The monoisotopic (exact) mass is 404 g/mol. The zero-order valence-electron chi connectivity index (χ0n) is 15.0. The number of nitrogens with one attached hydrogen (secondary N) is 2. The highest BCUT2D eigenvalue weighted by atomic mass is 32.2. The maximum absolute atomic E-state index is 14.0. The normalized spacial score (nSPS) is 11.2. The summed E-state index contributed by atoms with van der Waals surface area (Å²) in [7, 11) is -3.18. The van der Waals surface area contributed by atoms with Crippen LogP contribution >= 0.6 is 0 Å². The number of halogens is 1. The van der Waals surface area contributed by atoms with Crippen LogP contribution in [-0.2, 0) is 10.0 Å². The molecule has 146 valence electrons. The molecule has 3 aromatic rings. The molecule has 0 aliphatic rings. The summed E-state index contributed by atoms with van der Waals surface area (Å²) in [6.07, 6.45) is 3.31. The average Bonchev–Trinajstić information content (AvgIpc) is 3.20. The topological polar surface area (TPSA) is 102 Å². The molecule has 0 radical (unpaired) electrons. The van der Waals surface area contributed by atoms with Gasteiger partial charge in [0.2, 0.25) is 0 Å². The van der Waals surface area contributed by atoms with E-state index in [-0.39, 0.29) is 11.3 Å². The van der Waals surface area contributed by atoms with Gasteiger partial charge in [-0.3, -0.25) is 10.2 Å². The zero-order chi connectivity index (χ0) is 20.3. The van der Waals surface area contributed by atoms with Crippen LogP contribution in [-0.4, -0.2) is 31.2 Å². The summed E-state index contributed by atoms with van der Waals surface area (Å²) in [6.45, 7) is 1.79. The second-order valence-corrected chi connectivity index (χ2v) is 7.46. The van der Waals surface area contributed by atoms with Gasteiger partial charge in [-0.1, -0.05) is 6.07 Å². The Bertz CT molecular complexity index is 1110. The highest BCUT2D eigenvalue weighted by molar-refractivity contribution is 7.89. The summed E-state index contributed by atoms with van der Waals surface area (Å²) >= 11 is 0. The first-order valence-corrected chi connectivity index (χ1v) is 9.56. The number of hydrogen-bond donors (Lipinski definition) is 2. The number of rotatable bonds is 6. The smallest absolute Gasteiger partial charge is 0.266 e. The summed E-state index contributed by atoms with van der Waals surface area (Å²) < 4.78 is 45.3. The number of aryl methyl sites for hydroxylation is 1. The highest BCUT2D eigenvalue weighted by Crippen LogP contribution is 2.25. The molecule has 2 aromatic carbocycles. The van der Waals surface area contributed by atoms with Gasteiger partial charge in [0.25, 0.3) is 15.9 Å². The number of hydrogen-bond acceptors (Lipinski definition) is 5. The van der Waals surface area contributed by atoms with Gasteiger partial charge in [-0.2, -0.15) is 5.10 Å². The zero-order valence-corrected chi connectivity index (χ0v) is 15.8. The standard InChI is InChI=1S/C18H17FN4O4S/c1-12-9-13(11-14(10-12)23-8-4-7-20-23)18(24)21-22-28(25,26)17-15(19)5-3-6-16(17)27-2/h3-11,22H,1-2H3,(H,21,24). The maximum Gasteiger partial charge on any atom is 0.266 e. The second kappa shape index (κ2) is 7.79. The third-order valence-corrected chi connectivity index (χ3v) is 5.12. The Morgan fingerprint density at radius 3 is 2.68 bits per heavy atom. The van der Waals surface area contributed by atoms with Crippen LogP contribution in [0.2, 0.25) is 0 Å². The Kier molecular flexibility index (Phi) is 5.43. The van der Waals surface area contributed by atoms with Crippen molar-refractivity contribution in [3.63, 3.8) is 0 Å². The molecule has 8 nitrogen and oxygen atoms in total. The summed E-state index contributed by atoms with van der Waals surface area (Å²) in [5, 5.41) is 4.10. The van der Waals surface area contributed by atoms with E-state index >= 15 is 0 Å². The molecule has 0 saturated carbocycles. The van der Waals surface area contributed by atoms with E-state index in [1.165, 1.54) is 19.2 Å². The SMILES string of the molecule is COc1cccc(F)c1S(=O)(=O)NNC(=O)c1cc(C)cc(-n2cccn2)c1. The summed E-state index contributed by atoms with van der Waals surface area (Å²) in [5.41, 5.74) is 3.70. The van der Waals surface area contributed by atoms with Gasteiger partial charge in [-0.15, -0.1) is 4.83 Å². The predicted octanol–water partition coefficient (Wildman–Crippen LogP) is 1.95.